The predicted molar refractivity (Wildman–Crippen MR) is 76.2 cm³/mol. The monoisotopic (exact) mass is 272 g/mol. The van der Waals surface area contributed by atoms with Gasteiger partial charge in [-0.2, -0.15) is 0 Å². The quantitative estimate of drug-likeness (QED) is 0.775. The minimum absolute atomic E-state index is 0.165. The smallest absolute Gasteiger partial charge is 0.326 e. The van der Waals surface area contributed by atoms with Crippen molar-refractivity contribution in [3.05, 3.63) is 0 Å². The summed E-state index contributed by atoms with van der Waals surface area (Å²) in [5.41, 5.74) is 0. The minimum Gasteiger partial charge on any atom is -0.480 e. The second kappa shape index (κ2) is 8.02. The highest BCUT2D eigenvalue weighted by Crippen LogP contribution is 2.15. The van der Waals surface area contributed by atoms with E-state index in [0.717, 1.165) is 12.8 Å². The first kappa shape index (κ1) is 17.7. The number of carboxylic acid groups (broad SMARTS) is 1. The summed E-state index contributed by atoms with van der Waals surface area (Å²) < 4.78 is 0. The molecule has 0 rings (SSSR count). The van der Waals surface area contributed by atoms with Gasteiger partial charge in [-0.3, -0.25) is 0 Å². The third kappa shape index (κ3) is 5.09. The molecule has 0 aromatic rings. The molecule has 0 aliphatic carbocycles. The van der Waals surface area contributed by atoms with E-state index in [1.165, 1.54) is 11.8 Å². The number of urea groups is 1. The van der Waals surface area contributed by atoms with E-state index in [4.69, 9.17) is 5.11 Å². The average molecular weight is 272 g/mol. The Morgan fingerprint density at radius 1 is 1.11 bits per heavy atom. The van der Waals surface area contributed by atoms with E-state index in [9.17, 15) is 9.59 Å². The summed E-state index contributed by atoms with van der Waals surface area (Å²) in [5.74, 6) is -0.622. The molecule has 1 N–H and O–H groups in total. The number of aliphatic carboxylic acids is 1. The number of likely N-dealkylation sites (N-methyl/N-ethyl adjacent to an activating group) is 1. The van der Waals surface area contributed by atoms with Crippen LogP contribution in [0.4, 0.5) is 4.79 Å². The molecular weight excluding hydrogens is 244 g/mol. The fraction of sp³-hybridized carbons (Fsp3) is 0.857. The summed E-state index contributed by atoms with van der Waals surface area (Å²) in [6, 6.07) is -0.841. The number of hydrogen-bond donors (Lipinski definition) is 1. The Balaban J connectivity index is 5.03. The van der Waals surface area contributed by atoms with Gasteiger partial charge in [-0.25, -0.2) is 9.59 Å². The van der Waals surface area contributed by atoms with E-state index in [-0.39, 0.29) is 12.1 Å². The number of carboxylic acids is 1. The molecule has 0 heterocycles. The van der Waals surface area contributed by atoms with Gasteiger partial charge in [0.2, 0.25) is 0 Å². The Morgan fingerprint density at radius 2 is 1.58 bits per heavy atom. The molecule has 0 saturated carbocycles. The van der Waals surface area contributed by atoms with Gasteiger partial charge < -0.3 is 14.9 Å². The van der Waals surface area contributed by atoms with Crippen molar-refractivity contribution < 1.29 is 14.7 Å². The third-order valence-electron chi connectivity index (χ3n) is 3.43. The van der Waals surface area contributed by atoms with E-state index < -0.39 is 12.0 Å². The topological polar surface area (TPSA) is 60.9 Å². The Labute approximate surface area is 116 Å². The van der Waals surface area contributed by atoms with Crippen LogP contribution < -0.4 is 0 Å². The van der Waals surface area contributed by atoms with Gasteiger partial charge in [0.1, 0.15) is 6.04 Å². The first-order valence-corrected chi connectivity index (χ1v) is 7.02. The molecule has 0 aromatic carbocycles. The van der Waals surface area contributed by atoms with Gasteiger partial charge in [-0.1, -0.05) is 27.7 Å². The molecule has 0 spiro atoms. The van der Waals surface area contributed by atoms with Crippen LogP contribution in [0, 0.1) is 5.92 Å². The molecule has 0 radical (unpaired) electrons. The van der Waals surface area contributed by atoms with Crippen LogP contribution in [0.5, 0.6) is 0 Å². The number of nitrogens with zero attached hydrogens (tertiary/aromatic N) is 2. The van der Waals surface area contributed by atoms with Crippen molar-refractivity contribution in [1.29, 1.82) is 0 Å². The Kier molecular flexibility index (Phi) is 7.49. The van der Waals surface area contributed by atoms with Crippen molar-refractivity contribution in [2.45, 2.75) is 59.5 Å². The van der Waals surface area contributed by atoms with Crippen molar-refractivity contribution in [2.24, 2.45) is 5.92 Å². The highest BCUT2D eigenvalue weighted by Gasteiger charge is 2.29. The fourth-order valence-electron chi connectivity index (χ4n) is 2.04. The molecular formula is C14H28N2O3. The fourth-order valence-corrected chi connectivity index (χ4v) is 2.04. The molecule has 112 valence electrons. The second-order valence-electron chi connectivity index (χ2n) is 5.42. The highest BCUT2D eigenvalue weighted by molar-refractivity contribution is 5.82. The predicted octanol–water partition coefficient (Wildman–Crippen LogP) is 2.66. The van der Waals surface area contributed by atoms with Crippen LogP contribution in [0.15, 0.2) is 0 Å². The molecule has 5 heteroatoms. The lowest BCUT2D eigenvalue weighted by atomic mass is 10.1. The van der Waals surface area contributed by atoms with E-state index in [1.54, 1.807) is 7.05 Å². The van der Waals surface area contributed by atoms with Crippen LogP contribution in [0.2, 0.25) is 0 Å². The van der Waals surface area contributed by atoms with Crippen LogP contribution in [0.25, 0.3) is 0 Å². The second-order valence-corrected chi connectivity index (χ2v) is 5.42. The lowest BCUT2D eigenvalue weighted by Crippen LogP contribution is -2.52. The van der Waals surface area contributed by atoms with E-state index in [1.807, 2.05) is 4.90 Å². The van der Waals surface area contributed by atoms with Gasteiger partial charge in [0.25, 0.3) is 0 Å². The maximum absolute atomic E-state index is 12.5. The summed E-state index contributed by atoms with van der Waals surface area (Å²) in [7, 11) is 1.55. The standard InChI is InChI=1S/C14H28N2O3/c1-7-12(8-2)16(9-10(3)4)14(19)15(6)11(5)13(17)18/h10-12H,7-9H2,1-6H3,(H,17,18). The van der Waals surface area contributed by atoms with E-state index in [0.29, 0.717) is 12.5 Å². The number of hydrogen-bond acceptors (Lipinski definition) is 2. The lowest BCUT2D eigenvalue weighted by molar-refractivity contribution is -0.141. The zero-order chi connectivity index (χ0) is 15.2. The summed E-state index contributed by atoms with van der Waals surface area (Å²) >= 11 is 0. The van der Waals surface area contributed by atoms with Gasteiger partial charge in [-0.05, 0) is 25.7 Å². The van der Waals surface area contributed by atoms with E-state index in [2.05, 4.69) is 27.7 Å². The van der Waals surface area contributed by atoms with Gasteiger partial charge in [0, 0.05) is 19.6 Å². The molecule has 5 nitrogen and oxygen atoms in total. The van der Waals surface area contributed by atoms with E-state index >= 15 is 0 Å². The maximum atomic E-state index is 12.5. The number of carbonyl (C=O) groups is 2. The maximum Gasteiger partial charge on any atom is 0.326 e. The van der Waals surface area contributed by atoms with Gasteiger partial charge in [0.15, 0.2) is 0 Å². The van der Waals surface area contributed by atoms with Crippen molar-refractivity contribution in [2.75, 3.05) is 13.6 Å². The van der Waals surface area contributed by atoms with Crippen molar-refractivity contribution >= 4 is 12.0 Å². The lowest BCUT2D eigenvalue weighted by Gasteiger charge is -2.36. The van der Waals surface area contributed by atoms with Crippen LogP contribution in [-0.2, 0) is 4.79 Å². The number of rotatable bonds is 7. The van der Waals surface area contributed by atoms with Crippen LogP contribution in [0.1, 0.15) is 47.5 Å². The Hall–Kier alpha value is -1.26. The Bertz CT molecular complexity index is 301. The molecule has 0 aromatic heterocycles. The molecule has 0 bridgehead atoms. The molecule has 1 atom stereocenters. The largest absolute Gasteiger partial charge is 0.480 e. The normalized spacial score (nSPS) is 12.6. The van der Waals surface area contributed by atoms with Crippen molar-refractivity contribution in [3.8, 4) is 0 Å². The van der Waals surface area contributed by atoms with Gasteiger partial charge in [-0.15, -0.1) is 0 Å². The summed E-state index contributed by atoms with van der Waals surface area (Å²) in [6.45, 7) is 10.4. The minimum atomic E-state index is -0.982. The SMILES string of the molecule is CCC(CC)N(CC(C)C)C(=O)N(C)C(C)C(=O)O. The molecule has 2 amide bonds. The van der Waals surface area contributed by atoms with Gasteiger partial charge in [0.05, 0.1) is 0 Å². The molecule has 0 aliphatic heterocycles. The third-order valence-corrected chi connectivity index (χ3v) is 3.43. The van der Waals surface area contributed by atoms with Gasteiger partial charge >= 0.3 is 12.0 Å². The molecule has 19 heavy (non-hydrogen) atoms. The highest BCUT2D eigenvalue weighted by atomic mass is 16.4. The summed E-state index contributed by atoms with van der Waals surface area (Å²) in [6.07, 6.45) is 1.76. The van der Waals surface area contributed by atoms with Crippen LogP contribution in [-0.4, -0.2) is 52.6 Å². The summed E-state index contributed by atoms with van der Waals surface area (Å²) in [4.78, 5) is 26.6. The first-order valence-electron chi connectivity index (χ1n) is 7.02. The van der Waals surface area contributed by atoms with Crippen LogP contribution >= 0.6 is 0 Å². The van der Waals surface area contributed by atoms with Crippen LogP contribution in [0.3, 0.4) is 0 Å². The molecule has 1 unspecified atom stereocenters. The zero-order valence-corrected chi connectivity index (χ0v) is 13.0. The molecule has 0 saturated heterocycles. The first-order chi connectivity index (χ1) is 8.76. The summed E-state index contributed by atoms with van der Waals surface area (Å²) in [5, 5.41) is 9.01. The Morgan fingerprint density at radius 3 is 1.89 bits per heavy atom. The van der Waals surface area contributed by atoms with Crippen molar-refractivity contribution in [1.82, 2.24) is 9.80 Å². The molecule has 0 fully saturated rings. The number of amides is 2. The molecule has 0 aliphatic rings. The van der Waals surface area contributed by atoms with Crippen molar-refractivity contribution in [3.63, 3.8) is 0 Å². The zero-order valence-electron chi connectivity index (χ0n) is 13.0. The number of carbonyl (C=O) groups excluding carboxylic acids is 1. The average Bonchev–Trinajstić information content (AvgIpc) is 2.35.